The minimum absolute atomic E-state index is 0.000231. The minimum atomic E-state index is -0.840. The predicted octanol–water partition coefficient (Wildman–Crippen LogP) is 3.07. The largest absolute Gasteiger partial charge is 0.508 e. The number of carboxylic acid groups (broad SMARTS) is 1. The lowest BCUT2D eigenvalue weighted by atomic mass is 9.81. The minimum Gasteiger partial charge on any atom is -0.508 e. The fraction of sp³-hybridized carbons (Fsp3) is 0.500. The van der Waals surface area contributed by atoms with Gasteiger partial charge < -0.3 is 10.2 Å². The van der Waals surface area contributed by atoms with Gasteiger partial charge in [-0.15, -0.1) is 0 Å². The number of benzene rings is 1. The summed E-state index contributed by atoms with van der Waals surface area (Å²) in [5, 5.41) is 18.9. The van der Waals surface area contributed by atoms with Gasteiger partial charge in [-0.3, -0.25) is 4.79 Å². The van der Waals surface area contributed by atoms with Gasteiger partial charge in [0, 0.05) is 5.56 Å². The first-order valence-electron chi connectivity index (χ1n) is 6.21. The van der Waals surface area contributed by atoms with Crippen LogP contribution in [0.5, 0.6) is 5.75 Å². The molecule has 0 saturated heterocycles. The third kappa shape index (κ3) is 2.78. The topological polar surface area (TPSA) is 57.5 Å². The molecule has 17 heavy (non-hydrogen) atoms. The van der Waals surface area contributed by atoms with Crippen LogP contribution in [-0.2, 0) is 11.2 Å². The van der Waals surface area contributed by atoms with Crippen molar-refractivity contribution in [2.75, 3.05) is 0 Å². The zero-order valence-electron chi connectivity index (χ0n) is 9.85. The predicted molar refractivity (Wildman–Crippen MR) is 65.3 cm³/mol. The first-order chi connectivity index (χ1) is 8.18. The molecule has 0 aromatic heterocycles. The SMILES string of the molecule is O=C(O)Cc1cccc(O)c1C1CCCCC1. The quantitative estimate of drug-likeness (QED) is 0.845. The molecule has 1 aromatic carbocycles. The zero-order valence-corrected chi connectivity index (χ0v) is 9.85. The summed E-state index contributed by atoms with van der Waals surface area (Å²) in [7, 11) is 0. The van der Waals surface area contributed by atoms with Crippen molar-refractivity contribution in [1.29, 1.82) is 0 Å². The van der Waals surface area contributed by atoms with Gasteiger partial charge in [-0.25, -0.2) is 0 Å². The van der Waals surface area contributed by atoms with Gasteiger partial charge in [0.05, 0.1) is 6.42 Å². The van der Waals surface area contributed by atoms with Gasteiger partial charge in [0.25, 0.3) is 0 Å². The Hall–Kier alpha value is -1.51. The number of phenolic OH excluding ortho intramolecular Hbond substituents is 1. The van der Waals surface area contributed by atoms with Crippen LogP contribution in [0.15, 0.2) is 18.2 Å². The van der Waals surface area contributed by atoms with Crippen LogP contribution in [0.25, 0.3) is 0 Å². The lowest BCUT2D eigenvalue weighted by Gasteiger charge is -2.24. The van der Waals surface area contributed by atoms with Gasteiger partial charge >= 0.3 is 5.97 Å². The summed E-state index contributed by atoms with van der Waals surface area (Å²) in [5.41, 5.74) is 1.64. The Balaban J connectivity index is 2.31. The zero-order chi connectivity index (χ0) is 12.3. The van der Waals surface area contributed by atoms with Crippen LogP contribution in [0.1, 0.15) is 49.1 Å². The maximum atomic E-state index is 10.8. The molecule has 1 saturated carbocycles. The second-order valence-corrected chi connectivity index (χ2v) is 4.76. The van der Waals surface area contributed by atoms with Gasteiger partial charge in [0.15, 0.2) is 0 Å². The van der Waals surface area contributed by atoms with Crippen molar-refractivity contribution in [2.24, 2.45) is 0 Å². The highest BCUT2D eigenvalue weighted by Crippen LogP contribution is 2.39. The second kappa shape index (κ2) is 5.21. The van der Waals surface area contributed by atoms with Gasteiger partial charge in [-0.1, -0.05) is 31.4 Å². The van der Waals surface area contributed by atoms with Crippen molar-refractivity contribution < 1.29 is 15.0 Å². The molecule has 92 valence electrons. The normalized spacial score (nSPS) is 16.9. The number of aliphatic carboxylic acids is 1. The van der Waals surface area contributed by atoms with Crippen molar-refractivity contribution in [2.45, 2.75) is 44.4 Å². The molecule has 2 N–H and O–H groups in total. The first kappa shape index (κ1) is 12.0. The Morgan fingerprint density at radius 3 is 2.59 bits per heavy atom. The molecule has 0 aliphatic heterocycles. The van der Waals surface area contributed by atoms with E-state index < -0.39 is 5.97 Å². The van der Waals surface area contributed by atoms with Crippen LogP contribution in [0.4, 0.5) is 0 Å². The van der Waals surface area contributed by atoms with Crippen molar-refractivity contribution in [3.8, 4) is 5.75 Å². The molecule has 0 heterocycles. The summed E-state index contributed by atoms with van der Waals surface area (Å²) in [6.07, 6.45) is 5.71. The molecule has 2 rings (SSSR count). The van der Waals surface area contributed by atoms with Crippen molar-refractivity contribution in [1.82, 2.24) is 0 Å². The molecule has 1 aromatic rings. The second-order valence-electron chi connectivity index (χ2n) is 4.76. The standard InChI is InChI=1S/C14H18O3/c15-12-8-4-7-11(9-13(16)17)14(12)10-5-2-1-3-6-10/h4,7-8,10,15H,1-3,5-6,9H2,(H,16,17). The molecule has 0 radical (unpaired) electrons. The molecule has 0 amide bonds. The fourth-order valence-electron chi connectivity index (χ4n) is 2.78. The third-order valence-corrected chi connectivity index (χ3v) is 3.53. The monoisotopic (exact) mass is 234 g/mol. The van der Waals surface area contributed by atoms with E-state index in [-0.39, 0.29) is 12.2 Å². The van der Waals surface area contributed by atoms with E-state index in [1.54, 1.807) is 12.1 Å². The number of hydrogen-bond donors (Lipinski definition) is 2. The van der Waals surface area contributed by atoms with Gasteiger partial charge in [-0.05, 0) is 30.4 Å². The van der Waals surface area contributed by atoms with E-state index in [1.807, 2.05) is 6.07 Å². The number of aromatic hydroxyl groups is 1. The summed E-state index contributed by atoms with van der Waals surface area (Å²) >= 11 is 0. The molecule has 1 fully saturated rings. The molecular weight excluding hydrogens is 216 g/mol. The Labute approximate surface area is 101 Å². The molecular formula is C14H18O3. The Bertz CT molecular complexity index is 406. The van der Waals surface area contributed by atoms with Crippen LogP contribution >= 0.6 is 0 Å². The number of carboxylic acids is 1. The lowest BCUT2D eigenvalue weighted by molar-refractivity contribution is -0.136. The van der Waals surface area contributed by atoms with E-state index in [0.717, 1.165) is 24.0 Å². The van der Waals surface area contributed by atoms with Gasteiger partial charge in [-0.2, -0.15) is 0 Å². The molecule has 0 unspecified atom stereocenters. The van der Waals surface area contributed by atoms with Crippen LogP contribution in [0.3, 0.4) is 0 Å². The average molecular weight is 234 g/mol. The highest BCUT2D eigenvalue weighted by atomic mass is 16.4. The molecule has 0 bridgehead atoms. The van der Waals surface area contributed by atoms with Gasteiger partial charge in [0.1, 0.15) is 5.75 Å². The van der Waals surface area contributed by atoms with E-state index >= 15 is 0 Å². The number of carbonyl (C=O) groups is 1. The Morgan fingerprint density at radius 2 is 1.94 bits per heavy atom. The van der Waals surface area contributed by atoms with E-state index in [1.165, 1.54) is 19.3 Å². The van der Waals surface area contributed by atoms with Crippen LogP contribution < -0.4 is 0 Å². The highest BCUT2D eigenvalue weighted by molar-refractivity contribution is 5.71. The molecule has 1 aliphatic carbocycles. The lowest BCUT2D eigenvalue weighted by Crippen LogP contribution is -2.10. The highest BCUT2D eigenvalue weighted by Gasteiger charge is 2.22. The maximum absolute atomic E-state index is 10.8. The van der Waals surface area contributed by atoms with Gasteiger partial charge in [0.2, 0.25) is 0 Å². The van der Waals surface area contributed by atoms with Crippen LogP contribution in [0, 0.1) is 0 Å². The average Bonchev–Trinajstić information content (AvgIpc) is 2.29. The molecule has 0 spiro atoms. The molecule has 0 atom stereocenters. The summed E-state index contributed by atoms with van der Waals surface area (Å²) in [5.74, 6) is -0.248. The van der Waals surface area contributed by atoms with Crippen molar-refractivity contribution in [3.05, 3.63) is 29.3 Å². The summed E-state index contributed by atoms with van der Waals surface area (Å²) in [6, 6.07) is 5.20. The van der Waals surface area contributed by atoms with Crippen molar-refractivity contribution >= 4 is 5.97 Å². The molecule has 1 aliphatic rings. The Morgan fingerprint density at radius 1 is 1.24 bits per heavy atom. The van der Waals surface area contributed by atoms with Crippen LogP contribution in [0.2, 0.25) is 0 Å². The summed E-state index contributed by atoms with van der Waals surface area (Å²) < 4.78 is 0. The summed E-state index contributed by atoms with van der Waals surface area (Å²) in [4.78, 5) is 10.8. The van der Waals surface area contributed by atoms with E-state index in [2.05, 4.69) is 0 Å². The smallest absolute Gasteiger partial charge is 0.307 e. The number of phenols is 1. The molecule has 3 nitrogen and oxygen atoms in total. The summed E-state index contributed by atoms with van der Waals surface area (Å²) in [6.45, 7) is 0. The van der Waals surface area contributed by atoms with E-state index in [4.69, 9.17) is 5.11 Å². The van der Waals surface area contributed by atoms with Crippen molar-refractivity contribution in [3.63, 3.8) is 0 Å². The fourth-order valence-corrected chi connectivity index (χ4v) is 2.78. The van der Waals surface area contributed by atoms with E-state index in [0.29, 0.717) is 5.92 Å². The number of hydrogen-bond acceptors (Lipinski definition) is 2. The maximum Gasteiger partial charge on any atom is 0.307 e. The number of rotatable bonds is 3. The van der Waals surface area contributed by atoms with Crippen LogP contribution in [-0.4, -0.2) is 16.2 Å². The molecule has 3 heteroatoms. The van der Waals surface area contributed by atoms with E-state index in [9.17, 15) is 9.90 Å². The third-order valence-electron chi connectivity index (χ3n) is 3.53. The Kier molecular flexibility index (Phi) is 3.67. The first-order valence-corrected chi connectivity index (χ1v) is 6.21.